The van der Waals surface area contributed by atoms with Gasteiger partial charge in [0.15, 0.2) is 0 Å². The predicted octanol–water partition coefficient (Wildman–Crippen LogP) is 2.14. The number of carboxylic acids is 1. The van der Waals surface area contributed by atoms with Gasteiger partial charge >= 0.3 is 5.97 Å². The number of carbonyl (C=O) groups is 1. The number of hydrogen-bond donors (Lipinski definition) is 1. The van der Waals surface area contributed by atoms with Crippen molar-refractivity contribution >= 4 is 5.97 Å². The van der Waals surface area contributed by atoms with Gasteiger partial charge in [0.05, 0.1) is 5.92 Å². The van der Waals surface area contributed by atoms with Crippen LogP contribution in [0, 0.1) is 22.7 Å². The summed E-state index contributed by atoms with van der Waals surface area (Å²) in [5.74, 6) is -0.216. The van der Waals surface area contributed by atoms with Crippen molar-refractivity contribution in [3.05, 3.63) is 0 Å². The minimum absolute atomic E-state index is 0.0625. The third kappa shape index (κ3) is 0.572. The first-order chi connectivity index (χ1) is 5.41. The number of fused-ring (bicyclic) bond motifs is 1. The van der Waals surface area contributed by atoms with Crippen LogP contribution in [-0.4, -0.2) is 11.1 Å². The molecular weight excluding hydrogens is 152 g/mol. The van der Waals surface area contributed by atoms with E-state index in [9.17, 15) is 4.79 Å². The first kappa shape index (κ1) is 8.09. The Hall–Kier alpha value is -0.530. The zero-order valence-electron chi connectivity index (χ0n) is 7.92. The molecule has 0 saturated heterocycles. The standard InChI is InChI=1S/C10H16O2/c1-9(2)6-4-5-10(9,3)7(6)8(11)12/h6-7H,4-5H2,1-3H3,(H,11,12). The van der Waals surface area contributed by atoms with Gasteiger partial charge in [0, 0.05) is 0 Å². The minimum atomic E-state index is -0.584. The molecule has 3 unspecified atom stereocenters. The van der Waals surface area contributed by atoms with Gasteiger partial charge in [0.2, 0.25) is 0 Å². The molecule has 0 amide bonds. The summed E-state index contributed by atoms with van der Waals surface area (Å²) in [7, 11) is 0. The van der Waals surface area contributed by atoms with Crippen molar-refractivity contribution in [1.82, 2.24) is 0 Å². The molecule has 0 spiro atoms. The first-order valence-corrected chi connectivity index (χ1v) is 4.64. The molecule has 3 rings (SSSR count). The van der Waals surface area contributed by atoms with Crippen LogP contribution in [0.4, 0.5) is 0 Å². The van der Waals surface area contributed by atoms with Crippen molar-refractivity contribution in [3.63, 3.8) is 0 Å². The third-order valence-electron chi connectivity index (χ3n) is 4.73. The predicted molar refractivity (Wildman–Crippen MR) is 45.7 cm³/mol. The van der Waals surface area contributed by atoms with Crippen LogP contribution in [0.1, 0.15) is 33.6 Å². The quantitative estimate of drug-likeness (QED) is 0.651. The molecule has 3 saturated carbocycles. The van der Waals surface area contributed by atoms with Crippen molar-refractivity contribution in [1.29, 1.82) is 0 Å². The van der Waals surface area contributed by atoms with Crippen LogP contribution in [0.15, 0.2) is 0 Å². The monoisotopic (exact) mass is 168 g/mol. The van der Waals surface area contributed by atoms with E-state index in [-0.39, 0.29) is 16.7 Å². The molecule has 1 N–H and O–H groups in total. The minimum Gasteiger partial charge on any atom is -0.481 e. The van der Waals surface area contributed by atoms with E-state index in [1.807, 2.05) is 0 Å². The van der Waals surface area contributed by atoms with E-state index < -0.39 is 5.97 Å². The third-order valence-corrected chi connectivity index (χ3v) is 4.73. The van der Waals surface area contributed by atoms with Gasteiger partial charge in [-0.25, -0.2) is 0 Å². The molecule has 3 aliphatic carbocycles. The lowest BCUT2D eigenvalue weighted by atomic mass is 9.45. The van der Waals surface area contributed by atoms with Crippen LogP contribution < -0.4 is 0 Å². The van der Waals surface area contributed by atoms with E-state index in [1.54, 1.807) is 0 Å². The van der Waals surface area contributed by atoms with Crippen LogP contribution >= 0.6 is 0 Å². The molecular formula is C10H16O2. The van der Waals surface area contributed by atoms with E-state index in [4.69, 9.17) is 5.11 Å². The van der Waals surface area contributed by atoms with Crippen molar-refractivity contribution in [2.75, 3.05) is 0 Å². The highest BCUT2D eigenvalue weighted by molar-refractivity contribution is 5.74. The van der Waals surface area contributed by atoms with Gasteiger partial charge in [-0.15, -0.1) is 0 Å². The zero-order chi connectivity index (χ0) is 9.15. The fourth-order valence-electron chi connectivity index (χ4n) is 3.49. The second-order valence-corrected chi connectivity index (χ2v) is 5.10. The van der Waals surface area contributed by atoms with Crippen LogP contribution in [0.3, 0.4) is 0 Å². The van der Waals surface area contributed by atoms with E-state index in [0.717, 1.165) is 12.8 Å². The van der Waals surface area contributed by atoms with Gasteiger partial charge in [0.1, 0.15) is 0 Å². The molecule has 3 aliphatic rings. The molecule has 68 valence electrons. The van der Waals surface area contributed by atoms with Crippen molar-refractivity contribution in [3.8, 4) is 0 Å². The lowest BCUT2D eigenvalue weighted by molar-refractivity contribution is -0.177. The number of rotatable bonds is 1. The van der Waals surface area contributed by atoms with Gasteiger partial charge in [-0.1, -0.05) is 20.8 Å². The van der Waals surface area contributed by atoms with Crippen LogP contribution in [0.25, 0.3) is 0 Å². The highest BCUT2D eigenvalue weighted by atomic mass is 16.4. The van der Waals surface area contributed by atoms with Gasteiger partial charge in [-0.05, 0) is 29.6 Å². The van der Waals surface area contributed by atoms with Gasteiger partial charge in [-0.2, -0.15) is 0 Å². The largest absolute Gasteiger partial charge is 0.481 e. The molecule has 3 fully saturated rings. The SMILES string of the molecule is CC1(C)C2CCC1(C)C2C(=O)O. The summed E-state index contributed by atoms with van der Waals surface area (Å²) in [6.45, 7) is 6.56. The Morgan fingerprint density at radius 2 is 2.00 bits per heavy atom. The Balaban J connectivity index is 2.33. The number of hydrogen-bond acceptors (Lipinski definition) is 1. The maximum absolute atomic E-state index is 10.9. The Morgan fingerprint density at radius 3 is 2.17 bits per heavy atom. The molecule has 2 nitrogen and oxygen atoms in total. The summed E-state index contributed by atoms with van der Waals surface area (Å²) in [4.78, 5) is 10.9. The van der Waals surface area contributed by atoms with E-state index in [2.05, 4.69) is 20.8 Å². The van der Waals surface area contributed by atoms with Gasteiger partial charge in [-0.3, -0.25) is 4.79 Å². The normalized spacial score (nSPS) is 48.6. The molecule has 0 radical (unpaired) electrons. The number of carboxylic acid groups (broad SMARTS) is 1. The van der Waals surface area contributed by atoms with Crippen LogP contribution in [0.2, 0.25) is 0 Å². The molecule has 0 aliphatic heterocycles. The van der Waals surface area contributed by atoms with Crippen LogP contribution in [-0.2, 0) is 4.79 Å². The first-order valence-electron chi connectivity index (χ1n) is 4.64. The fraction of sp³-hybridized carbons (Fsp3) is 0.900. The number of aliphatic carboxylic acids is 1. The molecule has 0 aromatic heterocycles. The molecule has 0 heterocycles. The highest BCUT2D eigenvalue weighted by Crippen LogP contribution is 2.73. The molecule has 2 bridgehead atoms. The Bertz CT molecular complexity index is 244. The van der Waals surface area contributed by atoms with E-state index >= 15 is 0 Å². The molecule has 12 heavy (non-hydrogen) atoms. The van der Waals surface area contributed by atoms with Crippen molar-refractivity contribution < 1.29 is 9.90 Å². The van der Waals surface area contributed by atoms with Gasteiger partial charge < -0.3 is 5.11 Å². The summed E-state index contributed by atoms with van der Waals surface area (Å²) < 4.78 is 0. The summed E-state index contributed by atoms with van der Waals surface area (Å²) in [6.07, 6.45) is 2.21. The molecule has 0 aromatic rings. The Labute approximate surface area is 73.0 Å². The summed E-state index contributed by atoms with van der Waals surface area (Å²) in [6, 6.07) is 0. The smallest absolute Gasteiger partial charge is 0.307 e. The summed E-state index contributed by atoms with van der Waals surface area (Å²) in [5, 5.41) is 9.01. The maximum Gasteiger partial charge on any atom is 0.307 e. The molecule has 3 atom stereocenters. The average molecular weight is 168 g/mol. The topological polar surface area (TPSA) is 37.3 Å². The zero-order valence-corrected chi connectivity index (χ0v) is 7.92. The Kier molecular flexibility index (Phi) is 1.25. The second kappa shape index (κ2) is 1.86. The van der Waals surface area contributed by atoms with E-state index in [1.165, 1.54) is 0 Å². The van der Waals surface area contributed by atoms with Crippen molar-refractivity contribution in [2.45, 2.75) is 33.6 Å². The average Bonchev–Trinajstić information content (AvgIpc) is 2.38. The highest BCUT2D eigenvalue weighted by Gasteiger charge is 2.70. The van der Waals surface area contributed by atoms with Crippen molar-refractivity contribution in [2.24, 2.45) is 22.7 Å². The summed E-state index contributed by atoms with van der Waals surface area (Å²) in [5.41, 5.74) is 0.333. The second-order valence-electron chi connectivity index (χ2n) is 5.10. The fourth-order valence-corrected chi connectivity index (χ4v) is 3.49. The summed E-state index contributed by atoms with van der Waals surface area (Å²) >= 11 is 0. The molecule has 0 aromatic carbocycles. The Morgan fingerprint density at radius 1 is 1.42 bits per heavy atom. The van der Waals surface area contributed by atoms with Gasteiger partial charge in [0.25, 0.3) is 0 Å². The lowest BCUT2D eigenvalue weighted by Crippen LogP contribution is -2.57. The van der Waals surface area contributed by atoms with Crippen LogP contribution in [0.5, 0.6) is 0 Å². The maximum atomic E-state index is 10.9. The lowest BCUT2D eigenvalue weighted by Gasteiger charge is -2.57. The van der Waals surface area contributed by atoms with E-state index in [0.29, 0.717) is 5.92 Å². The molecule has 2 heteroatoms.